The molecule has 0 radical (unpaired) electrons. The molecule has 8 nitrogen and oxygen atoms in total. The highest BCUT2D eigenvalue weighted by Gasteiger charge is 2.39. The maximum Gasteiger partial charge on any atom is 0.226 e. The summed E-state index contributed by atoms with van der Waals surface area (Å²) in [6.45, 7) is 5.25. The van der Waals surface area contributed by atoms with Crippen LogP contribution in [-0.4, -0.2) is 59.0 Å². The minimum atomic E-state index is -0.0468. The summed E-state index contributed by atoms with van der Waals surface area (Å²) in [6.07, 6.45) is 1.56. The van der Waals surface area contributed by atoms with Crippen LogP contribution in [-0.2, 0) is 28.9 Å². The minimum Gasteiger partial charge on any atom is -0.496 e. The Labute approximate surface area is 196 Å². The summed E-state index contributed by atoms with van der Waals surface area (Å²) in [5.41, 5.74) is 3.63. The molecule has 1 amide bonds. The van der Waals surface area contributed by atoms with Gasteiger partial charge in [-0.25, -0.2) is 0 Å². The van der Waals surface area contributed by atoms with Crippen molar-refractivity contribution in [3.05, 3.63) is 57.5 Å². The first-order chi connectivity index (χ1) is 16.2. The van der Waals surface area contributed by atoms with Gasteiger partial charge in [0.05, 0.1) is 32.9 Å². The van der Waals surface area contributed by atoms with Gasteiger partial charge in [0, 0.05) is 35.0 Å². The van der Waals surface area contributed by atoms with Crippen molar-refractivity contribution >= 4 is 17.2 Å². The Kier molecular flexibility index (Phi) is 5.20. The molecular weight excluding hydrogens is 438 g/mol. The van der Waals surface area contributed by atoms with Crippen LogP contribution in [0.2, 0.25) is 0 Å². The lowest BCUT2D eigenvalue weighted by atomic mass is 9.94. The summed E-state index contributed by atoms with van der Waals surface area (Å²) >= 11 is 1.79. The Morgan fingerprint density at radius 1 is 1.21 bits per heavy atom. The fourth-order valence-corrected chi connectivity index (χ4v) is 6.89. The predicted octanol–water partition coefficient (Wildman–Crippen LogP) is 2.41. The van der Waals surface area contributed by atoms with Crippen LogP contribution in [0.1, 0.15) is 39.3 Å². The summed E-state index contributed by atoms with van der Waals surface area (Å²) in [5, 5.41) is 13.6. The van der Waals surface area contributed by atoms with Crippen LogP contribution in [0.25, 0.3) is 5.00 Å². The standard InChI is InChI=1S/C24H27N5O3S/c1-14-26-27-20-13-25-22(16-5-3-4-6-18(16)31-2)21-17-11-15(12-19(17)33-24(21)29(14)20)23(30)28-7-9-32-10-8-28/h3-6,15,22,25H,7-13H2,1-2H3. The van der Waals surface area contributed by atoms with Crippen LogP contribution in [0.5, 0.6) is 5.75 Å². The molecule has 0 spiro atoms. The van der Waals surface area contributed by atoms with Gasteiger partial charge < -0.3 is 14.4 Å². The Hall–Kier alpha value is -2.75. The lowest BCUT2D eigenvalue weighted by Gasteiger charge is -2.29. The minimum absolute atomic E-state index is 0.00213. The van der Waals surface area contributed by atoms with Gasteiger partial charge in [0.15, 0.2) is 5.82 Å². The molecule has 0 saturated carbocycles. The number of morpholine rings is 1. The number of fused-ring (bicyclic) bond motifs is 5. The van der Waals surface area contributed by atoms with Gasteiger partial charge in [0.2, 0.25) is 5.91 Å². The summed E-state index contributed by atoms with van der Waals surface area (Å²) in [7, 11) is 1.71. The molecule has 2 atom stereocenters. The van der Waals surface area contributed by atoms with Gasteiger partial charge in [-0.3, -0.25) is 14.7 Å². The molecule has 4 heterocycles. The average molecular weight is 466 g/mol. The fourth-order valence-electron chi connectivity index (χ4n) is 5.37. The van der Waals surface area contributed by atoms with E-state index in [4.69, 9.17) is 9.47 Å². The van der Waals surface area contributed by atoms with Gasteiger partial charge in [-0.05, 0) is 31.4 Å². The van der Waals surface area contributed by atoms with Crippen molar-refractivity contribution in [1.82, 2.24) is 25.0 Å². The summed E-state index contributed by atoms with van der Waals surface area (Å²) in [6, 6.07) is 8.12. The van der Waals surface area contributed by atoms with Crippen molar-refractivity contribution in [1.29, 1.82) is 0 Å². The second-order valence-corrected chi connectivity index (χ2v) is 9.90. The molecular formula is C24H27N5O3S. The van der Waals surface area contributed by atoms with Gasteiger partial charge in [-0.2, -0.15) is 0 Å². The van der Waals surface area contributed by atoms with Crippen molar-refractivity contribution in [2.24, 2.45) is 5.92 Å². The third-order valence-corrected chi connectivity index (χ3v) is 8.22. The van der Waals surface area contributed by atoms with Gasteiger partial charge in [-0.15, -0.1) is 21.5 Å². The number of benzene rings is 1. The number of nitrogens with one attached hydrogen (secondary N) is 1. The van der Waals surface area contributed by atoms with Crippen LogP contribution in [0.4, 0.5) is 0 Å². The second kappa shape index (κ2) is 8.23. The number of nitrogens with zero attached hydrogens (tertiary/aromatic N) is 4. The van der Waals surface area contributed by atoms with Crippen molar-refractivity contribution in [2.45, 2.75) is 32.4 Å². The van der Waals surface area contributed by atoms with E-state index in [0.29, 0.717) is 32.8 Å². The molecule has 3 aliphatic rings. The molecule has 1 aliphatic carbocycles. The molecule has 172 valence electrons. The molecule has 33 heavy (non-hydrogen) atoms. The summed E-state index contributed by atoms with van der Waals surface area (Å²) < 4.78 is 13.4. The third kappa shape index (κ3) is 3.37. The van der Waals surface area contributed by atoms with E-state index in [1.165, 1.54) is 16.0 Å². The first-order valence-electron chi connectivity index (χ1n) is 11.4. The van der Waals surface area contributed by atoms with Crippen LogP contribution in [0, 0.1) is 12.8 Å². The smallest absolute Gasteiger partial charge is 0.226 e. The summed E-state index contributed by atoms with van der Waals surface area (Å²) in [4.78, 5) is 16.6. The number of hydrogen-bond donors (Lipinski definition) is 1. The van der Waals surface area contributed by atoms with Gasteiger partial charge >= 0.3 is 0 Å². The van der Waals surface area contributed by atoms with E-state index < -0.39 is 0 Å². The van der Waals surface area contributed by atoms with E-state index in [0.717, 1.165) is 40.8 Å². The number of carbonyl (C=O) groups is 1. The van der Waals surface area contributed by atoms with E-state index in [-0.39, 0.29) is 17.9 Å². The molecule has 1 saturated heterocycles. The van der Waals surface area contributed by atoms with Gasteiger partial charge in [0.25, 0.3) is 0 Å². The SMILES string of the molecule is COc1ccccc1C1NCc2nnc(C)n2-c2sc3c(c21)CC(C(=O)N1CCOCC1)C3. The van der Waals surface area contributed by atoms with E-state index in [1.54, 1.807) is 18.4 Å². The lowest BCUT2D eigenvalue weighted by Crippen LogP contribution is -2.44. The normalized spacial score (nSPS) is 21.8. The van der Waals surface area contributed by atoms with E-state index in [9.17, 15) is 4.79 Å². The van der Waals surface area contributed by atoms with E-state index in [1.807, 2.05) is 30.0 Å². The highest BCUT2D eigenvalue weighted by molar-refractivity contribution is 7.15. The molecule has 1 fully saturated rings. The number of para-hydroxylation sites is 1. The number of rotatable bonds is 3. The number of carbonyl (C=O) groups excluding carboxylic acids is 1. The Morgan fingerprint density at radius 3 is 2.85 bits per heavy atom. The summed E-state index contributed by atoms with van der Waals surface area (Å²) in [5.74, 6) is 2.90. The first kappa shape index (κ1) is 20.8. The zero-order chi connectivity index (χ0) is 22.5. The van der Waals surface area contributed by atoms with Gasteiger partial charge in [-0.1, -0.05) is 18.2 Å². The maximum absolute atomic E-state index is 13.3. The topological polar surface area (TPSA) is 81.5 Å². The fraction of sp³-hybridized carbons (Fsp3) is 0.458. The number of hydrogen-bond acceptors (Lipinski definition) is 7. The molecule has 3 aromatic rings. The zero-order valence-electron chi connectivity index (χ0n) is 18.8. The van der Waals surface area contributed by atoms with E-state index >= 15 is 0 Å². The first-order valence-corrected chi connectivity index (χ1v) is 12.3. The Balaban J connectivity index is 1.43. The highest BCUT2D eigenvalue weighted by atomic mass is 32.1. The van der Waals surface area contributed by atoms with Gasteiger partial charge in [0.1, 0.15) is 16.6 Å². The quantitative estimate of drug-likeness (QED) is 0.640. The Bertz CT molecular complexity index is 1210. The third-order valence-electron chi connectivity index (χ3n) is 6.96. The van der Waals surface area contributed by atoms with Crippen LogP contribution in [0.15, 0.2) is 24.3 Å². The Morgan fingerprint density at radius 2 is 2.03 bits per heavy atom. The molecule has 1 aromatic carbocycles. The van der Waals surface area contributed by atoms with Crippen LogP contribution >= 0.6 is 11.3 Å². The number of methoxy groups -OCH3 is 1. The molecule has 2 aliphatic heterocycles. The van der Waals surface area contributed by atoms with Crippen molar-refractivity contribution in [2.75, 3.05) is 33.4 Å². The molecule has 2 aromatic heterocycles. The number of aryl methyl sites for hydroxylation is 1. The van der Waals surface area contributed by atoms with Crippen LogP contribution in [0.3, 0.4) is 0 Å². The average Bonchev–Trinajstić information content (AvgIpc) is 3.49. The largest absolute Gasteiger partial charge is 0.496 e. The number of aromatic nitrogens is 3. The molecule has 9 heteroatoms. The van der Waals surface area contributed by atoms with E-state index in [2.05, 4.69) is 26.1 Å². The molecule has 0 bridgehead atoms. The zero-order valence-corrected chi connectivity index (χ0v) is 19.7. The number of ether oxygens (including phenoxy) is 2. The molecule has 6 rings (SSSR count). The van der Waals surface area contributed by atoms with Crippen molar-refractivity contribution in [3.63, 3.8) is 0 Å². The molecule has 1 N–H and O–H groups in total. The monoisotopic (exact) mass is 465 g/mol. The predicted molar refractivity (Wildman–Crippen MR) is 124 cm³/mol. The van der Waals surface area contributed by atoms with Crippen molar-refractivity contribution < 1.29 is 14.3 Å². The molecule has 2 unspecified atom stereocenters. The van der Waals surface area contributed by atoms with Crippen LogP contribution < -0.4 is 10.1 Å². The second-order valence-electron chi connectivity index (χ2n) is 8.82. The number of thiophene rings is 1. The number of amides is 1. The van der Waals surface area contributed by atoms with Crippen molar-refractivity contribution in [3.8, 4) is 10.8 Å². The highest BCUT2D eigenvalue weighted by Crippen LogP contribution is 2.47. The maximum atomic E-state index is 13.3. The lowest BCUT2D eigenvalue weighted by molar-refractivity contribution is -0.139.